The molecule has 12 heavy (non-hydrogen) atoms. The van der Waals surface area contributed by atoms with Crippen molar-refractivity contribution in [3.63, 3.8) is 0 Å². The average Bonchev–Trinajstić information content (AvgIpc) is 2.45. The zero-order chi connectivity index (χ0) is 9.14. The van der Waals surface area contributed by atoms with Gasteiger partial charge in [-0.25, -0.2) is 0 Å². The van der Waals surface area contributed by atoms with E-state index in [1.807, 2.05) is 0 Å². The SMILES string of the molecule is NSc1sc(Cl)cc1C(=O)CBr. The van der Waals surface area contributed by atoms with E-state index in [1.54, 1.807) is 6.07 Å². The molecular weight excluding hydrogens is 282 g/mol. The molecule has 1 rings (SSSR count). The summed E-state index contributed by atoms with van der Waals surface area (Å²) in [6.45, 7) is 0. The molecule has 0 unspecified atom stereocenters. The van der Waals surface area contributed by atoms with Crippen LogP contribution in [0.15, 0.2) is 10.3 Å². The molecule has 0 bridgehead atoms. The van der Waals surface area contributed by atoms with Crippen molar-refractivity contribution in [3.8, 4) is 0 Å². The summed E-state index contributed by atoms with van der Waals surface area (Å²) in [5.41, 5.74) is 0.606. The first-order valence-corrected chi connectivity index (χ1v) is 6.13. The van der Waals surface area contributed by atoms with Crippen molar-refractivity contribution in [2.24, 2.45) is 5.14 Å². The molecule has 2 N–H and O–H groups in total. The lowest BCUT2D eigenvalue weighted by Crippen LogP contribution is -1.99. The monoisotopic (exact) mass is 285 g/mol. The van der Waals surface area contributed by atoms with Crippen molar-refractivity contribution in [1.29, 1.82) is 0 Å². The standard InChI is InChI=1S/C6H5BrClNOS2/c7-2-4(10)3-1-5(8)11-6(3)12-9/h1H,2,9H2. The van der Waals surface area contributed by atoms with Crippen molar-refractivity contribution in [2.75, 3.05) is 5.33 Å². The second-order valence-corrected chi connectivity index (χ2v) is 5.07. The minimum atomic E-state index is 0.00565. The van der Waals surface area contributed by atoms with Crippen LogP contribution < -0.4 is 5.14 Å². The number of thiophene rings is 1. The van der Waals surface area contributed by atoms with Gasteiger partial charge < -0.3 is 0 Å². The van der Waals surface area contributed by atoms with Gasteiger partial charge in [0.25, 0.3) is 0 Å². The van der Waals surface area contributed by atoms with Crippen molar-refractivity contribution in [3.05, 3.63) is 16.0 Å². The second kappa shape index (κ2) is 4.62. The molecule has 0 saturated carbocycles. The summed E-state index contributed by atoms with van der Waals surface area (Å²) < 4.78 is 1.36. The van der Waals surface area contributed by atoms with E-state index in [-0.39, 0.29) is 5.78 Å². The van der Waals surface area contributed by atoms with Crippen LogP contribution >= 0.6 is 50.8 Å². The molecule has 0 amide bonds. The Bertz CT molecular complexity index is 302. The van der Waals surface area contributed by atoms with Gasteiger partial charge in [0.2, 0.25) is 0 Å². The van der Waals surface area contributed by atoms with Gasteiger partial charge in [0, 0.05) is 5.56 Å². The van der Waals surface area contributed by atoms with Crippen LogP contribution in [-0.2, 0) is 0 Å². The molecule has 1 aromatic rings. The van der Waals surface area contributed by atoms with Crippen molar-refractivity contribution in [2.45, 2.75) is 4.21 Å². The third kappa shape index (κ3) is 2.23. The number of halogens is 2. The van der Waals surface area contributed by atoms with Crippen molar-refractivity contribution < 1.29 is 4.79 Å². The summed E-state index contributed by atoms with van der Waals surface area (Å²) in [5.74, 6) is 0.00565. The number of alkyl halides is 1. The van der Waals surface area contributed by atoms with Gasteiger partial charge in [0.1, 0.15) is 0 Å². The minimum absolute atomic E-state index is 0.00565. The van der Waals surface area contributed by atoms with Crippen LogP contribution in [0.3, 0.4) is 0 Å². The third-order valence-corrected chi connectivity index (χ3v) is 3.74. The molecule has 1 aromatic heterocycles. The molecule has 0 spiro atoms. The van der Waals surface area contributed by atoms with Gasteiger partial charge >= 0.3 is 0 Å². The maximum Gasteiger partial charge on any atom is 0.175 e. The zero-order valence-electron chi connectivity index (χ0n) is 5.84. The van der Waals surface area contributed by atoms with Gasteiger partial charge in [0.15, 0.2) is 5.78 Å². The van der Waals surface area contributed by atoms with E-state index >= 15 is 0 Å². The van der Waals surface area contributed by atoms with E-state index in [9.17, 15) is 4.79 Å². The van der Waals surface area contributed by atoms with E-state index in [1.165, 1.54) is 11.3 Å². The maximum absolute atomic E-state index is 11.2. The molecule has 66 valence electrons. The Morgan fingerprint density at radius 2 is 2.50 bits per heavy atom. The number of ketones is 1. The summed E-state index contributed by atoms with van der Waals surface area (Å²) in [6, 6.07) is 1.64. The van der Waals surface area contributed by atoms with Crippen molar-refractivity contribution in [1.82, 2.24) is 0 Å². The van der Waals surface area contributed by atoms with E-state index in [0.717, 1.165) is 16.2 Å². The molecule has 0 aliphatic rings. The van der Waals surface area contributed by atoms with E-state index in [0.29, 0.717) is 15.2 Å². The molecule has 0 aromatic carbocycles. The van der Waals surface area contributed by atoms with Gasteiger partial charge in [-0.1, -0.05) is 27.5 Å². The second-order valence-electron chi connectivity index (χ2n) is 1.93. The Morgan fingerprint density at radius 3 is 3.00 bits per heavy atom. The number of hydrogen-bond acceptors (Lipinski definition) is 4. The normalized spacial score (nSPS) is 10.2. The summed E-state index contributed by atoms with van der Waals surface area (Å²) in [6.07, 6.45) is 0. The third-order valence-electron chi connectivity index (χ3n) is 1.20. The highest BCUT2D eigenvalue weighted by molar-refractivity contribution is 9.09. The molecule has 6 heteroatoms. The molecule has 0 saturated heterocycles. The summed E-state index contributed by atoms with van der Waals surface area (Å²) in [5, 5.41) is 5.66. The highest BCUT2D eigenvalue weighted by Crippen LogP contribution is 2.32. The Hall–Kier alpha value is 0.450. The van der Waals surface area contributed by atoms with Gasteiger partial charge in [-0.3, -0.25) is 9.93 Å². The predicted octanol–water partition coefficient (Wildman–Crippen LogP) is 2.94. The molecule has 0 aliphatic carbocycles. The first-order chi connectivity index (χ1) is 5.69. The highest BCUT2D eigenvalue weighted by atomic mass is 79.9. The largest absolute Gasteiger partial charge is 0.293 e. The van der Waals surface area contributed by atoms with Gasteiger partial charge in [-0.2, -0.15) is 0 Å². The number of carbonyl (C=O) groups excluding carboxylic acids is 1. The van der Waals surface area contributed by atoms with Crippen LogP contribution in [0.25, 0.3) is 0 Å². The van der Waals surface area contributed by atoms with Crippen LogP contribution in [0.1, 0.15) is 10.4 Å². The number of carbonyl (C=O) groups is 1. The van der Waals surface area contributed by atoms with E-state index < -0.39 is 0 Å². The number of Topliss-reactive ketones (excluding diaryl/α,β-unsaturated/α-hetero) is 1. The van der Waals surface area contributed by atoms with Crippen LogP contribution in [0, 0.1) is 0 Å². The highest BCUT2D eigenvalue weighted by Gasteiger charge is 2.13. The number of hydrogen-bond donors (Lipinski definition) is 1. The molecule has 0 atom stereocenters. The lowest BCUT2D eigenvalue weighted by atomic mass is 10.2. The van der Waals surface area contributed by atoms with Crippen LogP contribution in [0.4, 0.5) is 0 Å². The molecule has 0 aliphatic heterocycles. The van der Waals surface area contributed by atoms with E-state index in [2.05, 4.69) is 15.9 Å². The van der Waals surface area contributed by atoms with E-state index in [4.69, 9.17) is 16.7 Å². The van der Waals surface area contributed by atoms with Gasteiger partial charge in [-0.05, 0) is 18.0 Å². The molecule has 0 fully saturated rings. The van der Waals surface area contributed by atoms with Crippen molar-refractivity contribution >= 4 is 56.6 Å². The first-order valence-electron chi connectivity index (χ1n) is 2.94. The topological polar surface area (TPSA) is 43.1 Å². The predicted molar refractivity (Wildman–Crippen MR) is 57.5 cm³/mol. The fourth-order valence-corrected chi connectivity index (χ4v) is 2.88. The summed E-state index contributed by atoms with van der Waals surface area (Å²) in [7, 11) is 0. The van der Waals surface area contributed by atoms with Gasteiger partial charge in [-0.15, -0.1) is 11.3 Å². The smallest absolute Gasteiger partial charge is 0.175 e. The fourth-order valence-electron chi connectivity index (χ4n) is 0.699. The Kier molecular flexibility index (Phi) is 4.05. The fraction of sp³-hybridized carbons (Fsp3) is 0.167. The molecule has 2 nitrogen and oxygen atoms in total. The molecule has 0 radical (unpaired) electrons. The van der Waals surface area contributed by atoms with Gasteiger partial charge in [0.05, 0.1) is 13.9 Å². The maximum atomic E-state index is 11.2. The van der Waals surface area contributed by atoms with Crippen LogP contribution in [-0.4, -0.2) is 11.1 Å². The zero-order valence-corrected chi connectivity index (χ0v) is 9.82. The first kappa shape index (κ1) is 10.5. The summed E-state index contributed by atoms with van der Waals surface area (Å²) >= 11 is 11.2. The summed E-state index contributed by atoms with van der Waals surface area (Å²) in [4.78, 5) is 11.2. The average molecular weight is 287 g/mol. The Balaban J connectivity index is 3.04. The minimum Gasteiger partial charge on any atom is -0.293 e. The Morgan fingerprint density at radius 1 is 1.83 bits per heavy atom. The number of rotatable bonds is 3. The Labute approximate surface area is 91.7 Å². The molecule has 1 heterocycles. The lowest BCUT2D eigenvalue weighted by molar-refractivity contribution is 0.102. The number of nitrogens with two attached hydrogens (primary N) is 1. The molecular formula is C6H5BrClNOS2. The van der Waals surface area contributed by atoms with Crippen LogP contribution in [0.5, 0.6) is 0 Å². The lowest BCUT2D eigenvalue weighted by Gasteiger charge is -1.94. The van der Waals surface area contributed by atoms with Crippen LogP contribution in [0.2, 0.25) is 4.34 Å². The quantitative estimate of drug-likeness (QED) is 0.528.